The largest absolute Gasteiger partial charge is 0.362 e. The molecule has 0 radical (unpaired) electrons. The van der Waals surface area contributed by atoms with Crippen molar-refractivity contribution >= 4 is 35.0 Å². The number of allylic oxidation sites excluding steroid dienone is 2. The van der Waals surface area contributed by atoms with E-state index in [0.717, 1.165) is 0 Å². The number of nitrogens with one attached hydrogen (secondary N) is 2. The van der Waals surface area contributed by atoms with Crippen molar-refractivity contribution in [2.45, 2.75) is 33.6 Å². The smallest absolute Gasteiger partial charge is 0.252 e. The first-order valence-corrected chi connectivity index (χ1v) is 9.67. The van der Waals surface area contributed by atoms with Gasteiger partial charge in [0.25, 0.3) is 5.91 Å². The lowest BCUT2D eigenvalue weighted by molar-refractivity contribution is -0.127. The van der Waals surface area contributed by atoms with Gasteiger partial charge in [0.05, 0.1) is 0 Å². The maximum Gasteiger partial charge on any atom is 0.252 e. The predicted molar refractivity (Wildman–Crippen MR) is 110 cm³/mol. The second kappa shape index (κ2) is 8.81. The van der Waals surface area contributed by atoms with Crippen LogP contribution in [0.25, 0.3) is 0 Å². The molecule has 0 spiro atoms. The van der Waals surface area contributed by atoms with E-state index in [1.165, 1.54) is 0 Å². The molecule has 0 saturated carbocycles. The van der Waals surface area contributed by atoms with Gasteiger partial charge in [0.15, 0.2) is 0 Å². The van der Waals surface area contributed by atoms with Crippen molar-refractivity contribution in [1.29, 1.82) is 0 Å². The number of likely N-dealkylation sites (N-methyl/N-ethyl adjacent to an activating group) is 2. The third kappa shape index (κ3) is 4.14. The molecule has 1 unspecified atom stereocenters. The Labute approximate surface area is 170 Å². The number of dihydropyridines is 1. The molecular weight excluding hydrogens is 385 g/mol. The van der Waals surface area contributed by atoms with Gasteiger partial charge in [-0.05, 0) is 45.4 Å². The summed E-state index contributed by atoms with van der Waals surface area (Å²) in [4.78, 5) is 27.7. The monoisotopic (exact) mass is 409 g/mol. The topological polar surface area (TPSA) is 61.4 Å². The lowest BCUT2D eigenvalue weighted by Crippen LogP contribution is -2.40. The molecule has 5 nitrogen and oxygen atoms in total. The van der Waals surface area contributed by atoms with Crippen molar-refractivity contribution in [1.82, 2.24) is 15.5 Å². The first kappa shape index (κ1) is 21.3. The van der Waals surface area contributed by atoms with Crippen molar-refractivity contribution in [3.63, 3.8) is 0 Å². The molecule has 2 rings (SSSR count). The van der Waals surface area contributed by atoms with Crippen LogP contribution < -0.4 is 10.6 Å². The second-order valence-corrected chi connectivity index (χ2v) is 7.20. The predicted octanol–water partition coefficient (Wildman–Crippen LogP) is 3.84. The molecule has 1 aromatic rings. The molecule has 0 fully saturated rings. The molecular formula is C20H25Cl2N3O2. The Morgan fingerprint density at radius 2 is 1.70 bits per heavy atom. The summed E-state index contributed by atoms with van der Waals surface area (Å²) in [5.41, 5.74) is 3.08. The number of halogens is 2. The summed E-state index contributed by atoms with van der Waals surface area (Å²) >= 11 is 12.5. The SMILES string of the molecule is CCN(CC)C(=O)C1=C(C)NC(C)=C(C(=O)NC)C1c1ccc(Cl)cc1Cl. The summed E-state index contributed by atoms with van der Waals surface area (Å²) in [5.74, 6) is -0.952. The van der Waals surface area contributed by atoms with E-state index in [4.69, 9.17) is 23.2 Å². The Kier molecular flexibility index (Phi) is 6.95. The van der Waals surface area contributed by atoms with Crippen LogP contribution in [0.1, 0.15) is 39.2 Å². The molecule has 1 heterocycles. The molecule has 1 aliphatic rings. The van der Waals surface area contributed by atoms with Crippen LogP contribution in [0, 0.1) is 0 Å². The van der Waals surface area contributed by atoms with Crippen molar-refractivity contribution in [3.05, 3.63) is 56.3 Å². The average molecular weight is 410 g/mol. The molecule has 1 atom stereocenters. The van der Waals surface area contributed by atoms with Gasteiger partial charge < -0.3 is 15.5 Å². The number of benzene rings is 1. The summed E-state index contributed by atoms with van der Waals surface area (Å²) < 4.78 is 0. The zero-order chi connectivity index (χ0) is 20.3. The van der Waals surface area contributed by atoms with Crippen molar-refractivity contribution in [2.24, 2.45) is 0 Å². The molecule has 7 heteroatoms. The molecule has 0 aromatic heterocycles. The zero-order valence-corrected chi connectivity index (χ0v) is 17.8. The Bertz CT molecular complexity index is 827. The van der Waals surface area contributed by atoms with E-state index in [9.17, 15) is 9.59 Å². The van der Waals surface area contributed by atoms with E-state index in [-0.39, 0.29) is 11.8 Å². The highest BCUT2D eigenvalue weighted by atomic mass is 35.5. The van der Waals surface area contributed by atoms with Gasteiger partial charge in [-0.3, -0.25) is 9.59 Å². The number of carbonyl (C=O) groups is 2. The Morgan fingerprint density at radius 1 is 1.11 bits per heavy atom. The summed E-state index contributed by atoms with van der Waals surface area (Å²) in [6.45, 7) is 8.68. The Balaban J connectivity index is 2.74. The van der Waals surface area contributed by atoms with Crippen LogP contribution >= 0.6 is 23.2 Å². The highest BCUT2D eigenvalue weighted by Gasteiger charge is 2.38. The van der Waals surface area contributed by atoms with Crippen LogP contribution in [0.4, 0.5) is 0 Å². The van der Waals surface area contributed by atoms with Gasteiger partial charge in [0, 0.05) is 58.6 Å². The number of amides is 2. The number of carbonyl (C=O) groups excluding carboxylic acids is 2. The first-order valence-electron chi connectivity index (χ1n) is 8.91. The molecule has 0 bridgehead atoms. The molecule has 146 valence electrons. The Hall–Kier alpha value is -1.98. The molecule has 1 aromatic carbocycles. The molecule has 0 saturated heterocycles. The highest BCUT2D eigenvalue weighted by Crippen LogP contribution is 2.42. The van der Waals surface area contributed by atoms with Gasteiger partial charge in [-0.2, -0.15) is 0 Å². The van der Waals surface area contributed by atoms with Crippen LogP contribution in [0.3, 0.4) is 0 Å². The van der Waals surface area contributed by atoms with Crippen molar-refractivity contribution < 1.29 is 9.59 Å². The third-order valence-electron chi connectivity index (χ3n) is 4.79. The fraction of sp³-hybridized carbons (Fsp3) is 0.400. The van der Waals surface area contributed by atoms with Crippen molar-refractivity contribution in [3.8, 4) is 0 Å². The summed E-state index contributed by atoms with van der Waals surface area (Å²) in [5, 5.41) is 6.78. The van der Waals surface area contributed by atoms with E-state index in [2.05, 4.69) is 10.6 Å². The van der Waals surface area contributed by atoms with E-state index < -0.39 is 5.92 Å². The van der Waals surface area contributed by atoms with Gasteiger partial charge in [-0.1, -0.05) is 29.3 Å². The number of rotatable bonds is 5. The van der Waals surface area contributed by atoms with Crippen LogP contribution in [-0.4, -0.2) is 36.9 Å². The summed E-state index contributed by atoms with van der Waals surface area (Å²) in [6, 6.07) is 5.13. The minimum atomic E-state index is -0.580. The van der Waals surface area contributed by atoms with E-state index in [1.807, 2.05) is 27.7 Å². The van der Waals surface area contributed by atoms with Gasteiger partial charge in [0.1, 0.15) is 0 Å². The van der Waals surface area contributed by atoms with E-state index in [0.29, 0.717) is 51.2 Å². The molecule has 0 aliphatic carbocycles. The normalized spacial score (nSPS) is 16.9. The van der Waals surface area contributed by atoms with Gasteiger partial charge in [-0.25, -0.2) is 0 Å². The standard InChI is InChI=1S/C20H25Cl2N3O2/c1-6-25(7-2)20(27)17-12(4)24-11(3)16(19(26)23-5)18(17)14-9-8-13(21)10-15(14)22/h8-10,18,24H,6-7H2,1-5H3,(H,23,26). The van der Waals surface area contributed by atoms with Crippen LogP contribution in [-0.2, 0) is 9.59 Å². The number of hydrogen-bond acceptors (Lipinski definition) is 3. The minimum absolute atomic E-state index is 0.116. The number of nitrogens with zero attached hydrogens (tertiary/aromatic N) is 1. The van der Waals surface area contributed by atoms with Gasteiger partial charge >= 0.3 is 0 Å². The third-order valence-corrected chi connectivity index (χ3v) is 5.35. The lowest BCUT2D eigenvalue weighted by atomic mass is 9.79. The fourth-order valence-electron chi connectivity index (χ4n) is 3.44. The minimum Gasteiger partial charge on any atom is -0.362 e. The maximum absolute atomic E-state index is 13.3. The second-order valence-electron chi connectivity index (χ2n) is 6.36. The Morgan fingerprint density at radius 3 is 2.22 bits per heavy atom. The lowest BCUT2D eigenvalue weighted by Gasteiger charge is -2.34. The summed E-state index contributed by atoms with van der Waals surface area (Å²) in [6.07, 6.45) is 0. The molecule has 27 heavy (non-hydrogen) atoms. The van der Waals surface area contributed by atoms with Gasteiger partial charge in [0.2, 0.25) is 5.91 Å². The zero-order valence-electron chi connectivity index (χ0n) is 16.2. The number of hydrogen-bond donors (Lipinski definition) is 2. The van der Waals surface area contributed by atoms with E-state index >= 15 is 0 Å². The summed E-state index contributed by atoms with van der Waals surface area (Å²) in [7, 11) is 1.57. The average Bonchev–Trinajstić information content (AvgIpc) is 2.61. The quantitative estimate of drug-likeness (QED) is 0.776. The highest BCUT2D eigenvalue weighted by molar-refractivity contribution is 6.35. The maximum atomic E-state index is 13.3. The van der Waals surface area contributed by atoms with Crippen LogP contribution in [0.2, 0.25) is 10.0 Å². The van der Waals surface area contributed by atoms with Crippen LogP contribution in [0.5, 0.6) is 0 Å². The van der Waals surface area contributed by atoms with E-state index in [1.54, 1.807) is 30.1 Å². The first-order chi connectivity index (χ1) is 12.8. The fourth-order valence-corrected chi connectivity index (χ4v) is 3.96. The molecule has 2 amide bonds. The van der Waals surface area contributed by atoms with Crippen molar-refractivity contribution in [2.75, 3.05) is 20.1 Å². The molecule has 2 N–H and O–H groups in total. The molecule has 1 aliphatic heterocycles. The van der Waals surface area contributed by atoms with Crippen LogP contribution in [0.15, 0.2) is 40.7 Å². The van der Waals surface area contributed by atoms with Gasteiger partial charge in [-0.15, -0.1) is 0 Å².